The van der Waals surface area contributed by atoms with Crippen LogP contribution in [-0.4, -0.2) is 31.9 Å². The van der Waals surface area contributed by atoms with Crippen molar-refractivity contribution in [3.8, 4) is 5.75 Å². The van der Waals surface area contributed by atoms with Crippen LogP contribution in [0.25, 0.3) is 0 Å². The highest BCUT2D eigenvalue weighted by Crippen LogP contribution is 2.19. The van der Waals surface area contributed by atoms with Crippen LogP contribution in [0, 0.1) is 0 Å². The molecular weight excluding hydrogens is 200 g/mol. The minimum atomic E-state index is 0.681. The lowest BCUT2D eigenvalue weighted by atomic mass is 10.3. The number of ether oxygens (including phenoxy) is 1. The van der Waals surface area contributed by atoms with E-state index >= 15 is 0 Å². The van der Waals surface area contributed by atoms with Crippen molar-refractivity contribution < 1.29 is 4.74 Å². The van der Waals surface area contributed by atoms with Gasteiger partial charge in [-0.3, -0.25) is 0 Å². The van der Waals surface area contributed by atoms with E-state index in [0.29, 0.717) is 6.61 Å². The lowest BCUT2D eigenvalue weighted by molar-refractivity contribution is 0.340. The molecule has 0 aromatic heterocycles. The molecule has 0 saturated carbocycles. The van der Waals surface area contributed by atoms with E-state index in [9.17, 15) is 0 Å². The van der Waals surface area contributed by atoms with E-state index in [1.165, 1.54) is 0 Å². The summed E-state index contributed by atoms with van der Waals surface area (Å²) < 4.78 is 5.37. The molecule has 0 bridgehead atoms. The Morgan fingerprint density at radius 2 is 2.00 bits per heavy atom. The van der Waals surface area contributed by atoms with E-state index in [1.54, 1.807) is 6.34 Å². The predicted molar refractivity (Wildman–Crippen MR) is 70.8 cm³/mol. The van der Waals surface area contributed by atoms with E-state index in [0.717, 1.165) is 11.4 Å². The summed E-state index contributed by atoms with van der Waals surface area (Å²) in [5.74, 6) is 0.862. The smallest absolute Gasteiger partial charge is 0.121 e. The summed E-state index contributed by atoms with van der Waals surface area (Å²) >= 11 is 0. The summed E-state index contributed by atoms with van der Waals surface area (Å²) in [6.45, 7) is 6.65. The first-order valence-electron chi connectivity index (χ1n) is 5.66. The Balaban J connectivity index is 0.00000106. The van der Waals surface area contributed by atoms with E-state index < -0.39 is 0 Å². The largest absolute Gasteiger partial charge is 0.494 e. The van der Waals surface area contributed by atoms with Gasteiger partial charge in [-0.15, -0.1) is 0 Å². The van der Waals surface area contributed by atoms with Crippen molar-refractivity contribution in [2.45, 2.75) is 20.8 Å². The molecule has 0 fully saturated rings. The quantitative estimate of drug-likeness (QED) is 0.576. The van der Waals surface area contributed by atoms with Crippen LogP contribution in [0.2, 0.25) is 0 Å². The molecule has 0 radical (unpaired) electrons. The van der Waals surface area contributed by atoms with Gasteiger partial charge >= 0.3 is 0 Å². The Morgan fingerprint density at radius 3 is 2.56 bits per heavy atom. The second-order valence-corrected chi connectivity index (χ2v) is 3.14. The lowest BCUT2D eigenvalue weighted by Gasteiger charge is -2.04. The van der Waals surface area contributed by atoms with Gasteiger partial charge in [-0.05, 0) is 19.1 Å². The molecule has 90 valence electrons. The first-order valence-corrected chi connectivity index (χ1v) is 5.66. The fourth-order valence-corrected chi connectivity index (χ4v) is 1.00. The number of hydrogen-bond donors (Lipinski definition) is 0. The highest BCUT2D eigenvalue weighted by Gasteiger charge is 1.93. The van der Waals surface area contributed by atoms with Gasteiger partial charge in [0.05, 0.1) is 18.6 Å². The van der Waals surface area contributed by atoms with Gasteiger partial charge in [0.2, 0.25) is 0 Å². The van der Waals surface area contributed by atoms with Crippen LogP contribution < -0.4 is 4.74 Å². The highest BCUT2D eigenvalue weighted by atomic mass is 16.5. The number of aliphatic imine (C=N–C) groups is 1. The van der Waals surface area contributed by atoms with Gasteiger partial charge in [0.15, 0.2) is 0 Å². The zero-order valence-electron chi connectivity index (χ0n) is 10.9. The third-order valence-corrected chi connectivity index (χ3v) is 1.57. The molecular formula is C13H22N2O. The Labute approximate surface area is 98.8 Å². The molecule has 0 aliphatic heterocycles. The Morgan fingerprint density at radius 1 is 1.31 bits per heavy atom. The molecule has 1 rings (SSSR count). The van der Waals surface area contributed by atoms with Crippen LogP contribution in [0.5, 0.6) is 5.75 Å². The zero-order chi connectivity index (χ0) is 12.4. The normalized spacial score (nSPS) is 9.56. The zero-order valence-corrected chi connectivity index (χ0v) is 10.9. The highest BCUT2D eigenvalue weighted by molar-refractivity contribution is 5.61. The third-order valence-electron chi connectivity index (χ3n) is 1.57. The lowest BCUT2D eigenvalue weighted by Crippen LogP contribution is -2.06. The second-order valence-electron chi connectivity index (χ2n) is 3.14. The van der Waals surface area contributed by atoms with Gasteiger partial charge in [-0.2, -0.15) is 0 Å². The molecule has 16 heavy (non-hydrogen) atoms. The van der Waals surface area contributed by atoms with Crippen LogP contribution in [0.15, 0.2) is 29.3 Å². The van der Waals surface area contributed by atoms with Crippen molar-refractivity contribution >= 4 is 12.0 Å². The summed E-state index contributed by atoms with van der Waals surface area (Å²) in [5.41, 5.74) is 0.907. The van der Waals surface area contributed by atoms with Gasteiger partial charge < -0.3 is 9.64 Å². The van der Waals surface area contributed by atoms with Crippen molar-refractivity contribution in [2.75, 3.05) is 20.7 Å². The van der Waals surface area contributed by atoms with Gasteiger partial charge in [0, 0.05) is 20.2 Å². The predicted octanol–water partition coefficient (Wildman–Crippen LogP) is 3.33. The summed E-state index contributed by atoms with van der Waals surface area (Å²) in [7, 11) is 3.88. The minimum absolute atomic E-state index is 0.681. The maximum Gasteiger partial charge on any atom is 0.121 e. The first-order chi connectivity index (χ1) is 7.72. The third kappa shape index (κ3) is 6.06. The number of hydrogen-bond acceptors (Lipinski definition) is 2. The van der Waals surface area contributed by atoms with E-state index in [-0.39, 0.29) is 0 Å². The molecule has 0 aliphatic carbocycles. The molecule has 0 spiro atoms. The minimum Gasteiger partial charge on any atom is -0.494 e. The average molecular weight is 222 g/mol. The monoisotopic (exact) mass is 222 g/mol. The van der Waals surface area contributed by atoms with Crippen LogP contribution in [0.4, 0.5) is 5.69 Å². The summed E-state index contributed by atoms with van der Waals surface area (Å²) in [4.78, 5) is 6.17. The van der Waals surface area contributed by atoms with Crippen molar-refractivity contribution in [1.82, 2.24) is 4.90 Å². The summed E-state index contributed by atoms with van der Waals surface area (Å²) in [6.07, 6.45) is 1.77. The molecule has 3 nitrogen and oxygen atoms in total. The second kappa shape index (κ2) is 8.77. The molecule has 1 aromatic carbocycles. The molecule has 0 heterocycles. The molecule has 0 N–H and O–H groups in total. The topological polar surface area (TPSA) is 24.8 Å². The average Bonchev–Trinajstić information content (AvgIpc) is 2.30. The van der Waals surface area contributed by atoms with Gasteiger partial charge in [-0.1, -0.05) is 19.9 Å². The Bertz CT molecular complexity index is 309. The SMILES string of the molecule is CC.CCOc1cccc(N=CN(C)C)c1. The van der Waals surface area contributed by atoms with E-state index in [4.69, 9.17) is 4.74 Å². The molecule has 0 amide bonds. The van der Waals surface area contributed by atoms with Crippen molar-refractivity contribution in [3.63, 3.8) is 0 Å². The maximum atomic E-state index is 5.37. The van der Waals surface area contributed by atoms with Crippen LogP contribution in [0.1, 0.15) is 20.8 Å². The van der Waals surface area contributed by atoms with Gasteiger partial charge in [-0.25, -0.2) is 4.99 Å². The first kappa shape index (κ1) is 14.5. The van der Waals surface area contributed by atoms with Crippen molar-refractivity contribution in [1.29, 1.82) is 0 Å². The standard InChI is InChI=1S/C11H16N2O.C2H6/c1-4-14-11-7-5-6-10(8-11)12-9-13(2)3;1-2/h5-9H,4H2,1-3H3;1-2H3. The number of benzene rings is 1. The van der Waals surface area contributed by atoms with Crippen molar-refractivity contribution in [3.05, 3.63) is 24.3 Å². The Hall–Kier alpha value is -1.51. The fourth-order valence-electron chi connectivity index (χ4n) is 1.00. The van der Waals surface area contributed by atoms with E-state index in [2.05, 4.69) is 4.99 Å². The molecule has 0 saturated heterocycles. The maximum absolute atomic E-state index is 5.37. The molecule has 1 aromatic rings. The van der Waals surface area contributed by atoms with Gasteiger partial charge in [0.1, 0.15) is 5.75 Å². The summed E-state index contributed by atoms with van der Waals surface area (Å²) in [5, 5.41) is 0. The van der Waals surface area contributed by atoms with Crippen LogP contribution in [-0.2, 0) is 0 Å². The number of rotatable bonds is 4. The Kier molecular flexibility index (Phi) is 7.94. The molecule has 0 atom stereocenters. The number of nitrogens with zero attached hydrogens (tertiary/aromatic N) is 2. The van der Waals surface area contributed by atoms with Gasteiger partial charge in [0.25, 0.3) is 0 Å². The van der Waals surface area contributed by atoms with Crippen LogP contribution >= 0.6 is 0 Å². The fraction of sp³-hybridized carbons (Fsp3) is 0.462. The summed E-state index contributed by atoms with van der Waals surface area (Å²) in [6, 6.07) is 7.73. The van der Waals surface area contributed by atoms with Crippen molar-refractivity contribution in [2.24, 2.45) is 4.99 Å². The van der Waals surface area contributed by atoms with E-state index in [1.807, 2.05) is 64.0 Å². The molecule has 3 heteroatoms. The molecule has 0 aliphatic rings. The molecule has 0 unspecified atom stereocenters. The van der Waals surface area contributed by atoms with Crippen LogP contribution in [0.3, 0.4) is 0 Å².